The molecule has 0 radical (unpaired) electrons. The average molecular weight is 365 g/mol. The van der Waals surface area contributed by atoms with E-state index in [1.807, 2.05) is 30.3 Å². The molecule has 0 aliphatic carbocycles. The lowest BCUT2D eigenvalue weighted by Gasteiger charge is -2.25. The van der Waals surface area contributed by atoms with Gasteiger partial charge in [0.1, 0.15) is 0 Å². The van der Waals surface area contributed by atoms with E-state index in [4.69, 9.17) is 13.8 Å². The van der Waals surface area contributed by atoms with Crippen molar-refractivity contribution in [2.75, 3.05) is 19.8 Å². The van der Waals surface area contributed by atoms with E-state index in [9.17, 15) is 9.36 Å². The highest BCUT2D eigenvalue weighted by Crippen LogP contribution is 2.54. The molecule has 0 N–H and O–H groups in total. The highest BCUT2D eigenvalue weighted by Gasteiger charge is 2.42. The fraction of sp³-hybridized carbons (Fsp3) is 0.444. The van der Waals surface area contributed by atoms with E-state index in [1.165, 1.54) is 0 Å². The third-order valence-corrected chi connectivity index (χ3v) is 6.10. The van der Waals surface area contributed by atoms with Crippen molar-refractivity contribution in [3.63, 3.8) is 0 Å². The number of ether oxygens (including phenoxy) is 1. The molecular weight excluding hydrogens is 341 g/mol. The van der Waals surface area contributed by atoms with Crippen LogP contribution in [0.5, 0.6) is 0 Å². The summed E-state index contributed by atoms with van der Waals surface area (Å²) in [5.41, 5.74) is 0.645. The van der Waals surface area contributed by atoms with Crippen LogP contribution < -0.4 is 0 Å². The van der Waals surface area contributed by atoms with E-state index in [2.05, 4.69) is 4.98 Å². The van der Waals surface area contributed by atoms with Crippen molar-refractivity contribution in [1.82, 2.24) is 4.98 Å². The Bertz CT molecular complexity index is 749. The van der Waals surface area contributed by atoms with Crippen molar-refractivity contribution >= 4 is 24.5 Å². The van der Waals surface area contributed by atoms with Gasteiger partial charge in [-0.25, -0.2) is 0 Å². The van der Waals surface area contributed by atoms with Gasteiger partial charge in [0.2, 0.25) is 0 Å². The van der Waals surface area contributed by atoms with Gasteiger partial charge >= 0.3 is 13.6 Å². The van der Waals surface area contributed by atoms with Gasteiger partial charge < -0.3 is 13.8 Å². The number of benzene rings is 1. The number of esters is 1. The SMILES string of the molecule is CCOC(=O)C(Cc1ccnc2ccccc12)P(=O)(OCC)OCC. The first-order valence-electron chi connectivity index (χ1n) is 8.43. The van der Waals surface area contributed by atoms with E-state index in [0.717, 1.165) is 16.5 Å². The molecule has 1 unspecified atom stereocenters. The zero-order valence-corrected chi connectivity index (χ0v) is 15.7. The summed E-state index contributed by atoms with van der Waals surface area (Å²) in [6.45, 7) is 5.72. The first-order chi connectivity index (χ1) is 12.1. The Balaban J connectivity index is 2.44. The van der Waals surface area contributed by atoms with Crippen LogP contribution in [0.25, 0.3) is 10.9 Å². The van der Waals surface area contributed by atoms with Crippen LogP contribution in [0.15, 0.2) is 36.5 Å². The highest BCUT2D eigenvalue weighted by atomic mass is 31.2. The molecule has 0 bridgehead atoms. The number of hydrogen-bond donors (Lipinski definition) is 0. The molecule has 1 heterocycles. The molecule has 1 aromatic carbocycles. The predicted octanol–water partition coefficient (Wildman–Crippen LogP) is 3.98. The standard InChI is InChI=1S/C18H24NO5P/c1-4-22-18(20)17(25(21,23-5-2)24-6-3)13-14-11-12-19-16-10-8-7-9-15(14)16/h7-12,17H,4-6,13H2,1-3H3. The van der Waals surface area contributed by atoms with Crippen molar-refractivity contribution in [1.29, 1.82) is 0 Å². The van der Waals surface area contributed by atoms with Crippen LogP contribution in [-0.4, -0.2) is 36.4 Å². The third-order valence-electron chi connectivity index (χ3n) is 3.71. The van der Waals surface area contributed by atoms with Crippen LogP contribution in [0.2, 0.25) is 0 Å². The number of hydrogen-bond acceptors (Lipinski definition) is 6. The molecule has 136 valence electrons. The summed E-state index contributed by atoms with van der Waals surface area (Å²) in [5.74, 6) is -0.575. The van der Waals surface area contributed by atoms with E-state index in [0.29, 0.717) is 0 Å². The van der Waals surface area contributed by atoms with Crippen LogP contribution in [0.1, 0.15) is 26.3 Å². The zero-order valence-electron chi connectivity index (χ0n) is 14.8. The predicted molar refractivity (Wildman–Crippen MR) is 96.7 cm³/mol. The summed E-state index contributed by atoms with van der Waals surface area (Å²) in [6, 6.07) is 9.43. The molecule has 25 heavy (non-hydrogen) atoms. The second-order valence-corrected chi connectivity index (χ2v) is 7.55. The molecule has 0 saturated heterocycles. The maximum atomic E-state index is 13.2. The number of para-hydroxylation sites is 1. The number of pyridine rings is 1. The quantitative estimate of drug-likeness (QED) is 0.494. The summed E-state index contributed by atoms with van der Waals surface area (Å²) in [4.78, 5) is 16.8. The molecule has 0 aliphatic heterocycles. The maximum Gasteiger partial charge on any atom is 0.345 e. The van der Waals surface area contributed by atoms with Gasteiger partial charge in [0, 0.05) is 11.6 Å². The van der Waals surface area contributed by atoms with Crippen molar-refractivity contribution in [2.45, 2.75) is 32.9 Å². The molecule has 1 aromatic heterocycles. The first-order valence-corrected chi connectivity index (χ1v) is 10.0. The molecule has 1 atom stereocenters. The third kappa shape index (κ3) is 4.66. The van der Waals surface area contributed by atoms with Gasteiger partial charge in [0.05, 0.1) is 25.3 Å². The summed E-state index contributed by atoms with van der Waals surface area (Å²) in [7, 11) is -3.65. The maximum absolute atomic E-state index is 13.2. The van der Waals surface area contributed by atoms with E-state index in [1.54, 1.807) is 27.0 Å². The van der Waals surface area contributed by atoms with Crippen LogP contribution in [0.4, 0.5) is 0 Å². The molecule has 6 nitrogen and oxygen atoms in total. The Hall–Kier alpha value is -1.75. The van der Waals surface area contributed by atoms with Crippen LogP contribution in [0.3, 0.4) is 0 Å². The van der Waals surface area contributed by atoms with Crippen molar-refractivity contribution in [3.05, 3.63) is 42.1 Å². The monoisotopic (exact) mass is 365 g/mol. The Labute approximate surface area is 148 Å². The zero-order chi connectivity index (χ0) is 18.3. The number of fused-ring (bicyclic) bond motifs is 1. The lowest BCUT2D eigenvalue weighted by molar-refractivity contribution is -0.143. The molecule has 0 aliphatic rings. The molecule has 2 aromatic rings. The van der Waals surface area contributed by atoms with Gasteiger partial charge in [-0.3, -0.25) is 14.3 Å². The minimum absolute atomic E-state index is 0.185. The Kier molecular flexibility index (Phi) is 7.12. The molecule has 0 amide bonds. The number of carbonyl (C=O) groups is 1. The van der Waals surface area contributed by atoms with Crippen LogP contribution >= 0.6 is 7.60 Å². The van der Waals surface area contributed by atoms with Crippen molar-refractivity contribution in [3.8, 4) is 0 Å². The molecule has 0 spiro atoms. The summed E-state index contributed by atoms with van der Waals surface area (Å²) in [6.07, 6.45) is 1.87. The lowest BCUT2D eigenvalue weighted by atomic mass is 10.0. The number of nitrogens with zero attached hydrogens (tertiary/aromatic N) is 1. The number of rotatable bonds is 9. The van der Waals surface area contributed by atoms with E-state index < -0.39 is 19.2 Å². The summed E-state index contributed by atoms with van der Waals surface area (Å²) < 4.78 is 29.2. The average Bonchev–Trinajstić information content (AvgIpc) is 2.60. The van der Waals surface area contributed by atoms with E-state index >= 15 is 0 Å². The second kappa shape index (κ2) is 9.09. The van der Waals surface area contributed by atoms with Crippen molar-refractivity contribution < 1.29 is 23.1 Å². The molecule has 0 saturated carbocycles. The van der Waals surface area contributed by atoms with Gasteiger partial charge in [-0.15, -0.1) is 0 Å². The normalized spacial score (nSPS) is 12.9. The number of aromatic nitrogens is 1. The Morgan fingerprint density at radius 2 is 1.76 bits per heavy atom. The highest BCUT2D eigenvalue weighted by molar-refractivity contribution is 7.55. The summed E-state index contributed by atoms with van der Waals surface area (Å²) in [5, 5.41) is 0.902. The van der Waals surface area contributed by atoms with Gasteiger partial charge in [-0.1, -0.05) is 18.2 Å². The molecule has 2 rings (SSSR count). The smallest absolute Gasteiger partial charge is 0.345 e. The van der Waals surface area contributed by atoms with Gasteiger partial charge in [0.25, 0.3) is 0 Å². The fourth-order valence-electron chi connectivity index (χ4n) is 2.68. The minimum atomic E-state index is -3.65. The largest absolute Gasteiger partial charge is 0.465 e. The molecular formula is C18H24NO5P. The molecule has 0 fully saturated rings. The first kappa shape index (κ1) is 19.6. The van der Waals surface area contributed by atoms with E-state index in [-0.39, 0.29) is 26.2 Å². The Morgan fingerprint density at radius 3 is 2.40 bits per heavy atom. The van der Waals surface area contributed by atoms with Crippen molar-refractivity contribution in [2.24, 2.45) is 0 Å². The molecule has 7 heteroatoms. The minimum Gasteiger partial charge on any atom is -0.465 e. The Morgan fingerprint density at radius 1 is 1.08 bits per heavy atom. The van der Waals surface area contributed by atoms with Crippen LogP contribution in [0, 0.1) is 0 Å². The van der Waals surface area contributed by atoms with Crippen LogP contribution in [-0.2, 0) is 29.6 Å². The topological polar surface area (TPSA) is 74.7 Å². The van der Waals surface area contributed by atoms with Gasteiger partial charge in [0.15, 0.2) is 5.66 Å². The van der Waals surface area contributed by atoms with Gasteiger partial charge in [-0.2, -0.15) is 0 Å². The lowest BCUT2D eigenvalue weighted by Crippen LogP contribution is -2.28. The fourth-order valence-corrected chi connectivity index (χ4v) is 4.59. The number of carbonyl (C=O) groups excluding carboxylic acids is 1. The second-order valence-electron chi connectivity index (χ2n) is 5.33. The van der Waals surface area contributed by atoms with Gasteiger partial charge in [-0.05, 0) is 44.9 Å². The summed E-state index contributed by atoms with van der Waals surface area (Å²) >= 11 is 0.